The van der Waals surface area contributed by atoms with Crippen molar-refractivity contribution in [1.29, 1.82) is 5.26 Å². The molecule has 0 spiro atoms. The molecule has 1 fully saturated rings. The molecule has 1 aromatic rings. The Morgan fingerprint density at radius 2 is 2.12 bits per heavy atom. The highest BCUT2D eigenvalue weighted by Crippen LogP contribution is 2.40. The molecule has 0 bridgehead atoms. The normalized spacial score (nSPS) is 24.2. The minimum absolute atomic E-state index is 0.0481. The maximum absolute atomic E-state index is 11.5. The Bertz CT molecular complexity index is 742. The number of benzene rings is 1. The minimum atomic E-state index is -3.26. The zero-order valence-corrected chi connectivity index (χ0v) is 17.0. The Kier molecular flexibility index (Phi) is 7.08. The van der Waals surface area contributed by atoms with Crippen molar-refractivity contribution in [2.75, 3.05) is 30.6 Å². The van der Waals surface area contributed by atoms with Crippen LogP contribution in [0.5, 0.6) is 0 Å². The quantitative estimate of drug-likeness (QED) is 0.700. The van der Waals surface area contributed by atoms with E-state index in [-0.39, 0.29) is 5.41 Å². The molecule has 1 aromatic carbocycles. The summed E-state index contributed by atoms with van der Waals surface area (Å²) < 4.78 is 25.6. The molecule has 1 aliphatic heterocycles. The van der Waals surface area contributed by atoms with Gasteiger partial charge in [0.05, 0.1) is 12.3 Å². The molecule has 26 heavy (non-hydrogen) atoms. The Hall–Kier alpha value is -1.58. The van der Waals surface area contributed by atoms with Gasteiger partial charge in [0, 0.05) is 18.7 Å². The number of hydrogen-bond donors (Lipinski definition) is 1. The minimum Gasteiger partial charge on any atom is -0.303 e. The second-order valence-electron chi connectivity index (χ2n) is 7.79. The Balaban J connectivity index is 1.98. The second kappa shape index (κ2) is 8.88. The maximum Gasteiger partial charge on any atom is 0.229 e. The van der Waals surface area contributed by atoms with Crippen molar-refractivity contribution in [2.45, 2.75) is 51.4 Å². The molecule has 0 amide bonds. The number of sulfonamides is 1. The van der Waals surface area contributed by atoms with Gasteiger partial charge in [-0.25, -0.2) is 8.42 Å². The van der Waals surface area contributed by atoms with Gasteiger partial charge in [0.2, 0.25) is 10.0 Å². The molecule has 5 nitrogen and oxygen atoms in total. The average Bonchev–Trinajstić information content (AvgIpc) is 2.56. The Labute approximate surface area is 158 Å². The van der Waals surface area contributed by atoms with Crippen LogP contribution in [0.4, 0.5) is 5.69 Å². The van der Waals surface area contributed by atoms with Crippen LogP contribution in [0.25, 0.3) is 0 Å². The standard InChI is InChI=1S/C20H31N3O2S/c1-17-16-23(13-7-5-4-6-12-21)14-11-20(17,2)18-9-8-10-19(15-18)22-26(3,24)25/h8-10,15,17,22H,4-7,11,13-14,16H2,1-3H3/t17-,20-/m0/s1. The van der Waals surface area contributed by atoms with Crippen molar-refractivity contribution in [3.05, 3.63) is 29.8 Å². The molecular formula is C20H31N3O2S. The van der Waals surface area contributed by atoms with E-state index in [1.54, 1.807) is 6.07 Å². The number of unbranched alkanes of at least 4 members (excludes halogenated alkanes) is 3. The Morgan fingerprint density at radius 1 is 1.35 bits per heavy atom. The van der Waals surface area contributed by atoms with Crippen LogP contribution in [-0.4, -0.2) is 39.2 Å². The van der Waals surface area contributed by atoms with Gasteiger partial charge >= 0.3 is 0 Å². The molecule has 0 radical (unpaired) electrons. The summed E-state index contributed by atoms with van der Waals surface area (Å²) in [7, 11) is -3.26. The van der Waals surface area contributed by atoms with Crippen LogP contribution in [0, 0.1) is 17.2 Å². The van der Waals surface area contributed by atoms with Gasteiger partial charge in [-0.05, 0) is 61.4 Å². The fraction of sp³-hybridized carbons (Fsp3) is 0.650. The van der Waals surface area contributed by atoms with Crippen molar-refractivity contribution in [2.24, 2.45) is 5.92 Å². The summed E-state index contributed by atoms with van der Waals surface area (Å²) in [5, 5.41) is 8.60. The van der Waals surface area contributed by atoms with E-state index in [1.165, 1.54) is 11.8 Å². The van der Waals surface area contributed by atoms with E-state index in [4.69, 9.17) is 5.26 Å². The number of nitriles is 1. The highest BCUT2D eigenvalue weighted by atomic mass is 32.2. The lowest BCUT2D eigenvalue weighted by Crippen LogP contribution is -2.47. The highest BCUT2D eigenvalue weighted by molar-refractivity contribution is 7.92. The summed E-state index contributed by atoms with van der Waals surface area (Å²) in [6.45, 7) is 7.79. The van der Waals surface area contributed by atoms with Crippen LogP contribution in [0.1, 0.15) is 51.5 Å². The van der Waals surface area contributed by atoms with Crippen LogP contribution >= 0.6 is 0 Å². The van der Waals surface area contributed by atoms with Crippen LogP contribution < -0.4 is 4.72 Å². The highest BCUT2D eigenvalue weighted by Gasteiger charge is 2.37. The van der Waals surface area contributed by atoms with Gasteiger partial charge in [-0.1, -0.05) is 32.4 Å². The smallest absolute Gasteiger partial charge is 0.229 e. The summed E-state index contributed by atoms with van der Waals surface area (Å²) in [5.41, 5.74) is 1.89. The number of piperidine rings is 1. The third-order valence-electron chi connectivity index (χ3n) is 5.66. The van der Waals surface area contributed by atoms with Crippen LogP contribution in [0.2, 0.25) is 0 Å². The number of likely N-dealkylation sites (tertiary alicyclic amines) is 1. The lowest BCUT2D eigenvalue weighted by atomic mass is 9.68. The zero-order chi connectivity index (χ0) is 19.2. The molecule has 0 saturated carbocycles. The molecule has 1 N–H and O–H groups in total. The zero-order valence-electron chi connectivity index (χ0n) is 16.2. The van der Waals surface area contributed by atoms with E-state index >= 15 is 0 Å². The first-order valence-electron chi connectivity index (χ1n) is 9.42. The maximum atomic E-state index is 11.5. The monoisotopic (exact) mass is 377 g/mol. The number of anilines is 1. The molecule has 0 unspecified atom stereocenters. The fourth-order valence-electron chi connectivity index (χ4n) is 3.82. The largest absolute Gasteiger partial charge is 0.303 e. The van der Waals surface area contributed by atoms with Crippen LogP contribution in [0.3, 0.4) is 0 Å². The van der Waals surface area contributed by atoms with Gasteiger partial charge in [-0.2, -0.15) is 5.26 Å². The predicted molar refractivity (Wildman–Crippen MR) is 107 cm³/mol. The third-order valence-corrected chi connectivity index (χ3v) is 6.26. The number of nitrogens with zero attached hydrogens (tertiary/aromatic N) is 2. The molecule has 2 atom stereocenters. The van der Waals surface area contributed by atoms with Gasteiger partial charge < -0.3 is 4.90 Å². The van der Waals surface area contributed by atoms with Crippen molar-refractivity contribution < 1.29 is 8.42 Å². The first-order valence-corrected chi connectivity index (χ1v) is 11.3. The molecule has 1 heterocycles. The Morgan fingerprint density at radius 3 is 2.77 bits per heavy atom. The summed E-state index contributed by atoms with van der Waals surface area (Å²) in [6.07, 6.45) is 6.17. The van der Waals surface area contributed by atoms with E-state index in [1.807, 2.05) is 12.1 Å². The first-order chi connectivity index (χ1) is 12.2. The molecule has 1 aliphatic rings. The molecule has 1 saturated heterocycles. The van der Waals surface area contributed by atoms with Crippen LogP contribution in [-0.2, 0) is 15.4 Å². The number of rotatable bonds is 8. The van der Waals surface area contributed by atoms with Crippen molar-refractivity contribution in [3.63, 3.8) is 0 Å². The molecule has 2 rings (SSSR count). The SMILES string of the molecule is C[C@H]1CN(CCCCCC#N)CC[C@]1(C)c1cccc(NS(C)(=O)=O)c1. The molecular weight excluding hydrogens is 346 g/mol. The number of nitrogens with one attached hydrogen (secondary N) is 1. The third kappa shape index (κ3) is 5.72. The molecule has 0 aromatic heterocycles. The molecule has 6 heteroatoms. The van der Waals surface area contributed by atoms with Crippen molar-refractivity contribution >= 4 is 15.7 Å². The van der Waals surface area contributed by atoms with E-state index < -0.39 is 10.0 Å². The van der Waals surface area contributed by atoms with Gasteiger partial charge in [-0.3, -0.25) is 4.72 Å². The summed E-state index contributed by atoms with van der Waals surface area (Å²) >= 11 is 0. The van der Waals surface area contributed by atoms with E-state index in [9.17, 15) is 8.42 Å². The first kappa shape index (κ1) is 20.7. The number of hydrogen-bond acceptors (Lipinski definition) is 4. The fourth-order valence-corrected chi connectivity index (χ4v) is 4.37. The second-order valence-corrected chi connectivity index (χ2v) is 9.54. The molecule has 0 aliphatic carbocycles. The summed E-state index contributed by atoms with van der Waals surface area (Å²) in [4.78, 5) is 2.53. The predicted octanol–water partition coefficient (Wildman–Crippen LogP) is 3.74. The summed E-state index contributed by atoms with van der Waals surface area (Å²) in [5.74, 6) is 0.490. The van der Waals surface area contributed by atoms with Gasteiger partial charge in [-0.15, -0.1) is 0 Å². The lowest BCUT2D eigenvalue weighted by Gasteiger charge is -2.45. The van der Waals surface area contributed by atoms with Crippen molar-refractivity contribution in [1.82, 2.24) is 4.90 Å². The van der Waals surface area contributed by atoms with E-state index in [0.717, 1.165) is 45.3 Å². The van der Waals surface area contributed by atoms with E-state index in [2.05, 4.69) is 35.6 Å². The van der Waals surface area contributed by atoms with Gasteiger partial charge in [0.15, 0.2) is 0 Å². The molecule has 144 valence electrons. The average molecular weight is 378 g/mol. The topological polar surface area (TPSA) is 73.2 Å². The van der Waals surface area contributed by atoms with E-state index in [0.29, 0.717) is 18.0 Å². The van der Waals surface area contributed by atoms with Crippen molar-refractivity contribution in [3.8, 4) is 6.07 Å². The lowest BCUT2D eigenvalue weighted by molar-refractivity contribution is 0.109. The summed E-state index contributed by atoms with van der Waals surface area (Å²) in [6, 6.07) is 10.0. The van der Waals surface area contributed by atoms with Crippen LogP contribution in [0.15, 0.2) is 24.3 Å². The van der Waals surface area contributed by atoms with Gasteiger partial charge in [0.1, 0.15) is 0 Å². The van der Waals surface area contributed by atoms with Gasteiger partial charge in [0.25, 0.3) is 0 Å².